The van der Waals surface area contributed by atoms with Crippen LogP contribution in [-0.4, -0.2) is 49.7 Å². The van der Waals surface area contributed by atoms with Gasteiger partial charge in [0.1, 0.15) is 5.82 Å². The number of amides is 1. The quantitative estimate of drug-likeness (QED) is 0.751. The number of ether oxygens (including phenoxy) is 1. The van der Waals surface area contributed by atoms with Crippen molar-refractivity contribution in [3.05, 3.63) is 42.5 Å². The Morgan fingerprint density at radius 3 is 3.08 bits per heavy atom. The molecule has 130 valence electrons. The topological polar surface area (TPSA) is 86.9 Å². The van der Waals surface area contributed by atoms with E-state index in [1.165, 1.54) is 0 Å². The van der Waals surface area contributed by atoms with E-state index >= 15 is 0 Å². The number of para-hydroxylation sites is 2. The Balaban J connectivity index is 1.40. The number of fused-ring (bicyclic) bond motifs is 1. The van der Waals surface area contributed by atoms with Crippen LogP contribution in [0.25, 0.3) is 11.0 Å². The van der Waals surface area contributed by atoms with Gasteiger partial charge < -0.3 is 14.6 Å². The molecule has 1 aliphatic rings. The zero-order valence-corrected chi connectivity index (χ0v) is 14.0. The number of nitrogens with one attached hydrogen (secondary N) is 1. The highest BCUT2D eigenvalue weighted by atomic mass is 16.5. The van der Waals surface area contributed by atoms with Crippen molar-refractivity contribution in [2.75, 3.05) is 13.2 Å². The van der Waals surface area contributed by atoms with Gasteiger partial charge in [-0.1, -0.05) is 17.3 Å². The molecule has 1 aromatic carbocycles. The SMILES string of the molecule is Cc1nc2ccccc2n1CCC(=O)N[C@H]1COC[C@H]1n1ccnn1. The first-order valence-electron chi connectivity index (χ1n) is 8.37. The third-order valence-corrected chi connectivity index (χ3v) is 4.59. The van der Waals surface area contributed by atoms with Crippen molar-refractivity contribution in [3.8, 4) is 0 Å². The molecule has 1 amide bonds. The third-order valence-electron chi connectivity index (χ3n) is 4.59. The number of carbonyl (C=O) groups excluding carboxylic acids is 1. The van der Waals surface area contributed by atoms with E-state index in [1.807, 2.05) is 31.2 Å². The van der Waals surface area contributed by atoms with Crippen LogP contribution in [0.1, 0.15) is 18.3 Å². The molecule has 3 aromatic rings. The van der Waals surface area contributed by atoms with Crippen LogP contribution in [-0.2, 0) is 16.1 Å². The number of rotatable bonds is 5. The maximum Gasteiger partial charge on any atom is 0.222 e. The molecule has 1 aliphatic heterocycles. The molecule has 3 heterocycles. The molecule has 2 aromatic heterocycles. The van der Waals surface area contributed by atoms with Gasteiger partial charge in [-0.15, -0.1) is 5.10 Å². The number of carbonyl (C=O) groups is 1. The molecule has 0 unspecified atom stereocenters. The lowest BCUT2D eigenvalue weighted by atomic mass is 10.1. The molecule has 0 radical (unpaired) electrons. The Labute approximate surface area is 144 Å². The van der Waals surface area contributed by atoms with E-state index in [9.17, 15) is 4.79 Å². The van der Waals surface area contributed by atoms with Gasteiger partial charge in [-0.05, 0) is 19.1 Å². The average Bonchev–Trinajstić information content (AvgIpc) is 3.32. The fourth-order valence-electron chi connectivity index (χ4n) is 3.31. The van der Waals surface area contributed by atoms with Crippen molar-refractivity contribution in [2.45, 2.75) is 32.0 Å². The van der Waals surface area contributed by atoms with Crippen LogP contribution in [0, 0.1) is 6.92 Å². The Bertz CT molecular complexity index is 873. The van der Waals surface area contributed by atoms with Crippen LogP contribution < -0.4 is 5.32 Å². The third kappa shape index (κ3) is 3.12. The minimum absolute atomic E-state index is 0.00204. The van der Waals surface area contributed by atoms with Crippen LogP contribution in [0.2, 0.25) is 0 Å². The standard InChI is InChI=1S/C17H20N6O2/c1-12-19-13-4-2-3-5-15(13)22(12)8-6-17(24)20-14-10-25-11-16(14)23-9-7-18-21-23/h2-5,7,9,14,16H,6,8,10-11H2,1H3,(H,20,24)/t14-,16+/m0/s1. The molecule has 8 nitrogen and oxygen atoms in total. The second-order valence-corrected chi connectivity index (χ2v) is 6.21. The molecule has 0 bridgehead atoms. The molecular formula is C17H20N6O2. The van der Waals surface area contributed by atoms with E-state index in [4.69, 9.17) is 4.74 Å². The Morgan fingerprint density at radius 1 is 1.36 bits per heavy atom. The minimum Gasteiger partial charge on any atom is -0.377 e. The second-order valence-electron chi connectivity index (χ2n) is 6.21. The van der Waals surface area contributed by atoms with Crippen LogP contribution in [0.4, 0.5) is 0 Å². The molecule has 8 heteroatoms. The summed E-state index contributed by atoms with van der Waals surface area (Å²) in [5.74, 6) is 0.913. The van der Waals surface area contributed by atoms with Crippen molar-refractivity contribution in [1.29, 1.82) is 0 Å². The molecule has 25 heavy (non-hydrogen) atoms. The maximum absolute atomic E-state index is 12.4. The van der Waals surface area contributed by atoms with E-state index in [0.29, 0.717) is 26.2 Å². The van der Waals surface area contributed by atoms with Gasteiger partial charge in [-0.2, -0.15) is 0 Å². The fraction of sp³-hybridized carbons (Fsp3) is 0.412. The van der Waals surface area contributed by atoms with E-state index in [-0.39, 0.29) is 18.0 Å². The average molecular weight is 340 g/mol. The summed E-state index contributed by atoms with van der Waals surface area (Å²) in [6.07, 6.45) is 3.81. The molecule has 0 saturated carbocycles. The molecule has 0 spiro atoms. The van der Waals surface area contributed by atoms with Gasteiger partial charge in [0.15, 0.2) is 0 Å². The summed E-state index contributed by atoms with van der Waals surface area (Å²) >= 11 is 0. The van der Waals surface area contributed by atoms with Crippen molar-refractivity contribution in [2.24, 2.45) is 0 Å². The van der Waals surface area contributed by atoms with Gasteiger partial charge in [-0.3, -0.25) is 4.79 Å². The van der Waals surface area contributed by atoms with Gasteiger partial charge >= 0.3 is 0 Å². The van der Waals surface area contributed by atoms with Gasteiger partial charge in [0.2, 0.25) is 5.91 Å². The lowest BCUT2D eigenvalue weighted by Gasteiger charge is -2.19. The highest BCUT2D eigenvalue weighted by molar-refractivity contribution is 5.78. The molecule has 2 atom stereocenters. The number of hydrogen-bond acceptors (Lipinski definition) is 5. The highest BCUT2D eigenvalue weighted by Crippen LogP contribution is 2.19. The molecular weight excluding hydrogens is 320 g/mol. The van der Waals surface area contributed by atoms with Crippen LogP contribution >= 0.6 is 0 Å². The summed E-state index contributed by atoms with van der Waals surface area (Å²) < 4.78 is 9.32. The maximum atomic E-state index is 12.4. The van der Waals surface area contributed by atoms with Crippen molar-refractivity contribution < 1.29 is 9.53 Å². The monoisotopic (exact) mass is 340 g/mol. The first-order valence-corrected chi connectivity index (χ1v) is 8.37. The van der Waals surface area contributed by atoms with Gasteiger partial charge in [0, 0.05) is 19.2 Å². The predicted molar refractivity (Wildman–Crippen MR) is 90.9 cm³/mol. The summed E-state index contributed by atoms with van der Waals surface area (Å²) in [4.78, 5) is 16.9. The Morgan fingerprint density at radius 2 is 2.24 bits per heavy atom. The molecule has 1 N–H and O–H groups in total. The Hall–Kier alpha value is -2.74. The van der Waals surface area contributed by atoms with E-state index in [0.717, 1.165) is 16.9 Å². The van der Waals surface area contributed by atoms with Gasteiger partial charge in [0.05, 0.1) is 42.5 Å². The lowest BCUT2D eigenvalue weighted by Crippen LogP contribution is -2.41. The number of hydrogen-bond donors (Lipinski definition) is 1. The predicted octanol–water partition coefficient (Wildman–Crippen LogP) is 1.08. The number of imidazole rings is 1. The molecule has 1 saturated heterocycles. The summed E-state index contributed by atoms with van der Waals surface area (Å²) in [6, 6.07) is 7.86. The first kappa shape index (κ1) is 15.8. The summed E-state index contributed by atoms with van der Waals surface area (Å²) in [5, 5.41) is 10.9. The lowest BCUT2D eigenvalue weighted by molar-refractivity contribution is -0.122. The molecule has 4 rings (SSSR count). The number of aromatic nitrogens is 5. The zero-order valence-electron chi connectivity index (χ0n) is 14.0. The van der Waals surface area contributed by atoms with Gasteiger partial charge in [0.25, 0.3) is 0 Å². The Kier molecular flexibility index (Phi) is 4.19. The number of benzene rings is 1. The van der Waals surface area contributed by atoms with Crippen LogP contribution in [0.15, 0.2) is 36.7 Å². The molecule has 1 fully saturated rings. The summed E-state index contributed by atoms with van der Waals surface area (Å²) in [7, 11) is 0. The van der Waals surface area contributed by atoms with Crippen molar-refractivity contribution in [3.63, 3.8) is 0 Å². The second kappa shape index (κ2) is 6.64. The largest absolute Gasteiger partial charge is 0.377 e. The normalized spacial score (nSPS) is 20.2. The summed E-state index contributed by atoms with van der Waals surface area (Å²) in [6.45, 7) is 3.58. The van der Waals surface area contributed by atoms with Gasteiger partial charge in [-0.25, -0.2) is 9.67 Å². The van der Waals surface area contributed by atoms with Crippen molar-refractivity contribution >= 4 is 16.9 Å². The van der Waals surface area contributed by atoms with Crippen LogP contribution in [0.3, 0.4) is 0 Å². The smallest absolute Gasteiger partial charge is 0.222 e. The van der Waals surface area contributed by atoms with E-state index < -0.39 is 0 Å². The van der Waals surface area contributed by atoms with E-state index in [2.05, 4.69) is 25.2 Å². The zero-order chi connectivity index (χ0) is 17.2. The van der Waals surface area contributed by atoms with Crippen LogP contribution in [0.5, 0.6) is 0 Å². The first-order chi connectivity index (χ1) is 12.2. The number of aryl methyl sites for hydroxylation is 2. The fourth-order valence-corrected chi connectivity index (χ4v) is 3.31. The minimum atomic E-state index is -0.0881. The van der Waals surface area contributed by atoms with E-state index in [1.54, 1.807) is 17.1 Å². The van der Waals surface area contributed by atoms with Crippen molar-refractivity contribution in [1.82, 2.24) is 29.9 Å². The number of nitrogens with zero attached hydrogens (tertiary/aromatic N) is 5. The highest BCUT2D eigenvalue weighted by Gasteiger charge is 2.31. The summed E-state index contributed by atoms with van der Waals surface area (Å²) in [5.41, 5.74) is 2.01. The molecule has 0 aliphatic carbocycles.